The number of esters is 1. The molecule has 0 bridgehead atoms. The van der Waals surface area contributed by atoms with Gasteiger partial charge in [0.1, 0.15) is 29.0 Å². The molecule has 1 aliphatic heterocycles. The molecule has 0 radical (unpaired) electrons. The average molecular weight is 412 g/mol. The number of methoxy groups -OCH3 is 1. The number of benzene rings is 2. The Hall–Kier alpha value is -3.19. The molecule has 30 heavy (non-hydrogen) atoms. The molecule has 7 nitrogen and oxygen atoms in total. The van der Waals surface area contributed by atoms with Crippen LogP contribution in [0.5, 0.6) is 11.5 Å². The molecule has 0 saturated heterocycles. The lowest BCUT2D eigenvalue weighted by Crippen LogP contribution is -2.34. The van der Waals surface area contributed by atoms with Crippen LogP contribution in [-0.2, 0) is 16.0 Å². The first-order valence-corrected chi connectivity index (χ1v) is 9.85. The first-order valence-electron chi connectivity index (χ1n) is 9.85. The Morgan fingerprint density at radius 3 is 2.73 bits per heavy atom. The van der Waals surface area contributed by atoms with Crippen LogP contribution in [0.3, 0.4) is 0 Å². The van der Waals surface area contributed by atoms with Gasteiger partial charge in [-0.3, -0.25) is 0 Å². The fourth-order valence-corrected chi connectivity index (χ4v) is 3.18. The molecule has 0 fully saturated rings. The van der Waals surface area contributed by atoms with E-state index in [4.69, 9.17) is 25.7 Å². The molecule has 1 atom stereocenters. The highest BCUT2D eigenvalue weighted by Gasteiger charge is 2.28. The molecular formula is C23H29N3O4. The van der Waals surface area contributed by atoms with Crippen molar-refractivity contribution in [3.05, 3.63) is 65.2 Å². The number of allylic oxidation sites excluding steroid dienone is 1. The lowest BCUT2D eigenvalue weighted by atomic mass is 9.98. The standard InChI is InChI=1S/C23H29N3O4/c1-14-21(25)26-18-13-16(8-9-19(18)29-14)20(24)22(27)30-23(2,3)11-10-15-6-5-7-17(12-15)28-4/h5-9,12-13,20,26H,10-11,24-25H2,1-4H3. The van der Waals surface area contributed by atoms with E-state index in [-0.39, 0.29) is 0 Å². The predicted octanol–water partition coefficient (Wildman–Crippen LogP) is 3.60. The maximum absolute atomic E-state index is 12.7. The Labute approximate surface area is 177 Å². The lowest BCUT2D eigenvalue weighted by Gasteiger charge is -2.27. The van der Waals surface area contributed by atoms with Crippen LogP contribution in [0.2, 0.25) is 0 Å². The van der Waals surface area contributed by atoms with E-state index in [0.717, 1.165) is 17.7 Å². The number of carbonyl (C=O) groups excluding carboxylic acids is 1. The van der Waals surface area contributed by atoms with E-state index in [1.165, 1.54) is 0 Å². The Bertz CT molecular complexity index is 969. The van der Waals surface area contributed by atoms with Gasteiger partial charge in [-0.15, -0.1) is 0 Å². The summed E-state index contributed by atoms with van der Waals surface area (Å²) in [5, 5.41) is 3.05. The van der Waals surface area contributed by atoms with E-state index in [9.17, 15) is 4.79 Å². The van der Waals surface area contributed by atoms with Crippen molar-refractivity contribution in [2.24, 2.45) is 11.5 Å². The third kappa shape index (κ3) is 5.04. The van der Waals surface area contributed by atoms with Gasteiger partial charge in [0.2, 0.25) is 0 Å². The molecule has 5 N–H and O–H groups in total. The Kier molecular flexibility index (Phi) is 6.22. The zero-order valence-electron chi connectivity index (χ0n) is 17.8. The second-order valence-corrected chi connectivity index (χ2v) is 7.96. The van der Waals surface area contributed by atoms with Gasteiger partial charge in [0.25, 0.3) is 0 Å². The maximum Gasteiger partial charge on any atom is 0.328 e. The monoisotopic (exact) mass is 411 g/mol. The fourth-order valence-electron chi connectivity index (χ4n) is 3.18. The molecule has 0 aliphatic carbocycles. The summed E-state index contributed by atoms with van der Waals surface area (Å²) >= 11 is 0. The van der Waals surface area contributed by atoms with E-state index in [2.05, 4.69) is 5.32 Å². The van der Waals surface area contributed by atoms with Gasteiger partial charge in [0, 0.05) is 0 Å². The summed E-state index contributed by atoms with van der Waals surface area (Å²) in [6, 6.07) is 12.2. The van der Waals surface area contributed by atoms with Crippen molar-refractivity contribution in [3.8, 4) is 11.5 Å². The topological polar surface area (TPSA) is 109 Å². The molecule has 1 heterocycles. The van der Waals surface area contributed by atoms with Gasteiger partial charge in [-0.25, -0.2) is 4.79 Å². The zero-order valence-corrected chi connectivity index (χ0v) is 17.8. The molecule has 1 unspecified atom stereocenters. The summed E-state index contributed by atoms with van der Waals surface area (Å²) in [7, 11) is 1.64. The second kappa shape index (κ2) is 8.67. The quantitative estimate of drug-likeness (QED) is 0.597. The SMILES string of the molecule is COc1cccc(CCC(C)(C)OC(=O)C(N)c2ccc3c(c2)NC(N)=C(C)O3)c1. The van der Waals surface area contributed by atoms with Gasteiger partial charge in [-0.2, -0.15) is 0 Å². The van der Waals surface area contributed by atoms with Crippen molar-refractivity contribution in [2.75, 3.05) is 12.4 Å². The van der Waals surface area contributed by atoms with E-state index in [1.54, 1.807) is 32.2 Å². The average Bonchev–Trinajstić information content (AvgIpc) is 2.72. The normalized spacial score (nSPS) is 14.3. The summed E-state index contributed by atoms with van der Waals surface area (Å²) < 4.78 is 16.6. The third-order valence-corrected chi connectivity index (χ3v) is 5.06. The maximum atomic E-state index is 12.7. The summed E-state index contributed by atoms with van der Waals surface area (Å²) in [5.74, 6) is 1.97. The Morgan fingerprint density at radius 1 is 1.23 bits per heavy atom. The van der Waals surface area contributed by atoms with Crippen LogP contribution < -0.4 is 26.3 Å². The number of hydrogen-bond donors (Lipinski definition) is 3. The lowest BCUT2D eigenvalue weighted by molar-refractivity contribution is -0.158. The number of ether oxygens (including phenoxy) is 3. The van der Waals surface area contributed by atoms with Crippen molar-refractivity contribution in [1.82, 2.24) is 0 Å². The molecule has 3 rings (SSSR count). The molecule has 0 aromatic heterocycles. The number of nitrogens with one attached hydrogen (secondary N) is 1. The Balaban J connectivity index is 1.63. The molecule has 7 heteroatoms. The predicted molar refractivity (Wildman–Crippen MR) is 116 cm³/mol. The summed E-state index contributed by atoms with van der Waals surface area (Å²) in [4.78, 5) is 12.7. The van der Waals surface area contributed by atoms with E-state index in [0.29, 0.717) is 35.0 Å². The largest absolute Gasteiger partial charge is 0.497 e. The zero-order chi connectivity index (χ0) is 21.9. The van der Waals surface area contributed by atoms with Crippen LogP contribution in [-0.4, -0.2) is 18.7 Å². The van der Waals surface area contributed by atoms with Gasteiger partial charge < -0.3 is 31.0 Å². The number of anilines is 1. The first kappa shape index (κ1) is 21.5. The van der Waals surface area contributed by atoms with Gasteiger partial charge in [-0.05, 0) is 69.0 Å². The number of hydrogen-bond acceptors (Lipinski definition) is 7. The minimum Gasteiger partial charge on any atom is -0.497 e. The van der Waals surface area contributed by atoms with Gasteiger partial charge in [0.05, 0.1) is 12.8 Å². The van der Waals surface area contributed by atoms with Crippen molar-refractivity contribution in [2.45, 2.75) is 45.3 Å². The number of fused-ring (bicyclic) bond motifs is 1. The van der Waals surface area contributed by atoms with Crippen LogP contribution in [0.4, 0.5) is 5.69 Å². The van der Waals surface area contributed by atoms with Crippen molar-refractivity contribution in [3.63, 3.8) is 0 Å². The third-order valence-electron chi connectivity index (χ3n) is 5.06. The van der Waals surface area contributed by atoms with Crippen LogP contribution in [0.25, 0.3) is 0 Å². The van der Waals surface area contributed by atoms with Crippen molar-refractivity contribution in [1.29, 1.82) is 0 Å². The highest BCUT2D eigenvalue weighted by atomic mass is 16.6. The minimum absolute atomic E-state index is 0.425. The highest BCUT2D eigenvalue weighted by molar-refractivity contribution is 5.79. The number of carbonyl (C=O) groups is 1. The van der Waals surface area contributed by atoms with E-state index >= 15 is 0 Å². The minimum atomic E-state index is -0.915. The van der Waals surface area contributed by atoms with Crippen molar-refractivity contribution < 1.29 is 19.0 Å². The van der Waals surface area contributed by atoms with Gasteiger partial charge >= 0.3 is 5.97 Å². The number of nitrogens with two attached hydrogens (primary N) is 2. The summed E-state index contributed by atoms with van der Waals surface area (Å²) in [6.45, 7) is 5.54. The van der Waals surface area contributed by atoms with Crippen LogP contribution in [0, 0.1) is 0 Å². The van der Waals surface area contributed by atoms with Crippen LogP contribution in [0.1, 0.15) is 44.4 Å². The fraction of sp³-hybridized carbons (Fsp3) is 0.348. The summed E-state index contributed by atoms with van der Waals surface area (Å²) in [6.07, 6.45) is 1.40. The van der Waals surface area contributed by atoms with Crippen molar-refractivity contribution >= 4 is 11.7 Å². The molecule has 2 aromatic carbocycles. The van der Waals surface area contributed by atoms with E-state index in [1.807, 2.05) is 38.1 Å². The molecule has 0 saturated carbocycles. The second-order valence-electron chi connectivity index (χ2n) is 7.96. The van der Waals surface area contributed by atoms with Crippen LogP contribution in [0.15, 0.2) is 54.0 Å². The van der Waals surface area contributed by atoms with Gasteiger partial charge in [-0.1, -0.05) is 18.2 Å². The molecule has 1 aliphatic rings. The molecular weight excluding hydrogens is 382 g/mol. The molecule has 2 aromatic rings. The number of rotatable bonds is 7. The van der Waals surface area contributed by atoms with E-state index < -0.39 is 17.6 Å². The smallest absolute Gasteiger partial charge is 0.328 e. The molecule has 0 spiro atoms. The molecule has 160 valence electrons. The Morgan fingerprint density at radius 2 is 2.00 bits per heavy atom. The first-order chi connectivity index (χ1) is 14.2. The molecule has 0 amide bonds. The highest BCUT2D eigenvalue weighted by Crippen LogP contribution is 2.34. The summed E-state index contributed by atoms with van der Waals surface area (Å²) in [5.41, 5.74) is 13.8. The number of aryl methyl sites for hydroxylation is 1. The van der Waals surface area contributed by atoms with Crippen LogP contribution >= 0.6 is 0 Å². The van der Waals surface area contributed by atoms with Gasteiger partial charge in [0.15, 0.2) is 5.75 Å².